The molecule has 11 rings (SSSR count). The van der Waals surface area contributed by atoms with Gasteiger partial charge in [-0.2, -0.15) is 29.3 Å². The molecule has 7 aromatic rings. The molecule has 1 aliphatic heterocycles. The Morgan fingerprint density at radius 3 is 2.25 bits per heavy atom. The second kappa shape index (κ2) is 16.5. The van der Waals surface area contributed by atoms with Crippen LogP contribution in [0.1, 0.15) is 110 Å². The number of nitrogens with zero attached hydrogens (tertiary/aromatic N) is 3. The van der Waals surface area contributed by atoms with Gasteiger partial charge >= 0.3 is 31.1 Å². The van der Waals surface area contributed by atoms with Crippen molar-refractivity contribution in [3.8, 4) is 11.4 Å². The number of nitrogens with one attached hydrogen (secondary N) is 1. The van der Waals surface area contributed by atoms with Crippen LogP contribution in [-0.4, -0.2) is 21.4 Å². The van der Waals surface area contributed by atoms with E-state index in [4.69, 9.17) is 11.1 Å². The fourth-order valence-corrected chi connectivity index (χ4v) is 10.5. The molecule has 2 atom stereocenters. The summed E-state index contributed by atoms with van der Waals surface area (Å²) in [6.07, 6.45) is 19.1. The van der Waals surface area contributed by atoms with Gasteiger partial charge in [-0.05, 0) is 91.6 Å². The van der Waals surface area contributed by atoms with Crippen LogP contribution in [0.15, 0.2) is 127 Å². The molecule has 1 fully saturated rings. The van der Waals surface area contributed by atoms with Gasteiger partial charge in [0.05, 0.1) is 11.0 Å². The van der Waals surface area contributed by atoms with Crippen molar-refractivity contribution in [1.82, 2.24) is 9.13 Å². The van der Waals surface area contributed by atoms with Crippen LogP contribution >= 0.6 is 0 Å². The predicted octanol–water partition coefficient (Wildman–Crippen LogP) is 12.7. The van der Waals surface area contributed by atoms with Gasteiger partial charge in [0.25, 0.3) is 0 Å². The fraction of sp³-hybridized carbons (Fsp3) is 0.259. The maximum Gasteiger partial charge on any atom is 2.00 e. The van der Waals surface area contributed by atoms with Crippen LogP contribution in [0.4, 0.5) is 5.69 Å². The average molecular weight is 1010 g/mol. The van der Waals surface area contributed by atoms with Crippen molar-refractivity contribution in [2.45, 2.75) is 89.5 Å². The largest absolute Gasteiger partial charge is 2.00 e. The van der Waals surface area contributed by atoms with E-state index < -0.39 is 0 Å². The number of hydrogen-bond donors (Lipinski definition) is 2. The molecular formula is C54H53N5U. The van der Waals surface area contributed by atoms with E-state index in [0.717, 1.165) is 42.5 Å². The minimum atomic E-state index is 0. The van der Waals surface area contributed by atoms with E-state index >= 15 is 0 Å². The van der Waals surface area contributed by atoms with Gasteiger partial charge in [-0.15, -0.1) is 30.8 Å². The van der Waals surface area contributed by atoms with Crippen molar-refractivity contribution in [3.63, 3.8) is 0 Å². The molecule has 1 saturated carbocycles. The van der Waals surface area contributed by atoms with E-state index in [2.05, 4.69) is 156 Å². The Bertz CT molecular complexity index is 2790. The Morgan fingerprint density at radius 2 is 1.45 bits per heavy atom. The Hall–Kier alpha value is -4.99. The summed E-state index contributed by atoms with van der Waals surface area (Å²) >= 11 is 0. The normalized spacial score (nSPS) is 17.7. The van der Waals surface area contributed by atoms with Crippen molar-refractivity contribution in [2.24, 2.45) is 5.73 Å². The van der Waals surface area contributed by atoms with E-state index in [9.17, 15) is 0 Å². The second-order valence-electron chi connectivity index (χ2n) is 17.8. The zero-order chi connectivity index (χ0) is 40.3. The zero-order valence-electron chi connectivity index (χ0n) is 35.0. The molecule has 3 N–H and O–H groups in total. The first-order valence-corrected chi connectivity index (χ1v) is 21.6. The first kappa shape index (κ1) is 40.4. The number of anilines is 1. The predicted molar refractivity (Wildman–Crippen MR) is 247 cm³/mol. The fourth-order valence-electron chi connectivity index (χ4n) is 10.5. The van der Waals surface area contributed by atoms with Gasteiger partial charge in [0.2, 0.25) is 0 Å². The summed E-state index contributed by atoms with van der Waals surface area (Å²) in [5, 5.41) is 10.5. The number of para-hydroxylation sites is 2. The summed E-state index contributed by atoms with van der Waals surface area (Å²) in [7, 11) is 0. The minimum Gasteiger partial charge on any atom is -0.376 e. The van der Waals surface area contributed by atoms with Crippen LogP contribution in [-0.2, 0) is 18.3 Å². The Kier molecular flexibility index (Phi) is 11.1. The molecule has 0 amide bonds. The molecule has 2 aromatic heterocycles. The van der Waals surface area contributed by atoms with Gasteiger partial charge in [-0.1, -0.05) is 100 Å². The Labute approximate surface area is 378 Å². The average Bonchev–Trinajstić information content (AvgIpc) is 3.91. The number of hydrogen-bond acceptors (Lipinski definition) is 3. The molecule has 0 saturated heterocycles. The van der Waals surface area contributed by atoms with Crippen LogP contribution in [0.25, 0.3) is 45.3 Å². The van der Waals surface area contributed by atoms with Crippen molar-refractivity contribution < 1.29 is 31.1 Å². The van der Waals surface area contributed by atoms with Crippen molar-refractivity contribution in [2.75, 3.05) is 4.90 Å². The Morgan fingerprint density at radius 1 is 0.717 bits per heavy atom. The number of aromatic nitrogens is 2. The first-order chi connectivity index (χ1) is 28.8. The van der Waals surface area contributed by atoms with Crippen molar-refractivity contribution in [1.29, 1.82) is 5.41 Å². The van der Waals surface area contributed by atoms with Crippen LogP contribution in [0.5, 0.6) is 0 Å². The van der Waals surface area contributed by atoms with Crippen molar-refractivity contribution >= 4 is 45.9 Å². The molecule has 5 nitrogen and oxygen atoms in total. The summed E-state index contributed by atoms with van der Waals surface area (Å²) in [4.78, 5) is 2.74. The van der Waals surface area contributed by atoms with E-state index in [1.54, 1.807) is 12.1 Å². The van der Waals surface area contributed by atoms with Gasteiger partial charge in [0, 0.05) is 62.3 Å². The van der Waals surface area contributed by atoms with Gasteiger partial charge < -0.3 is 25.2 Å². The van der Waals surface area contributed by atoms with Crippen LogP contribution < -0.4 is 10.6 Å². The standard InChI is InChI=1S/C43H37N4.C11H16N.U/c44-27-28-10-9-11-29(24-28)45-42-22-20-30(46-38-16-5-1-12-32(38)33-13-2-6-17-39(33)46)25-36(42)37-26-31(21-23-43(37)45)47-40-18-7-3-14-34(40)35-15-4-8-19-41(35)47;1-11(2,3)10-6-4-9(8-12)5-7-10;/h1-3,5,7,9-14,16,18,20,22,24-26,35,41,44H,4,6,8,15,17,19,21,23H2;4-8H,12H2,1-3H3;/q2*-1;+2. The molecule has 60 heavy (non-hydrogen) atoms. The van der Waals surface area contributed by atoms with E-state index in [1.165, 1.54) is 92.6 Å². The summed E-state index contributed by atoms with van der Waals surface area (Å²) in [6.45, 7) is 8.23. The minimum absolute atomic E-state index is 0. The van der Waals surface area contributed by atoms with Crippen LogP contribution in [0.2, 0.25) is 0 Å². The molecular weight excluding hydrogens is 957 g/mol. The third kappa shape index (κ3) is 7.01. The monoisotopic (exact) mass is 1010 g/mol. The van der Waals surface area contributed by atoms with E-state index in [1.807, 2.05) is 18.2 Å². The molecule has 0 spiro atoms. The maximum atomic E-state index is 7.84. The molecule has 2 unspecified atom stereocenters. The van der Waals surface area contributed by atoms with Crippen LogP contribution in [0, 0.1) is 43.1 Å². The number of rotatable bonds is 5. The summed E-state index contributed by atoms with van der Waals surface area (Å²) in [5.41, 5.74) is 23.6. The Balaban J connectivity index is 0.000000310. The number of benzene rings is 5. The number of fused-ring (bicyclic) bond motifs is 9. The molecule has 3 aliphatic carbocycles. The van der Waals surface area contributed by atoms with E-state index in [-0.39, 0.29) is 36.5 Å². The molecule has 5 aromatic carbocycles. The molecule has 0 bridgehead atoms. The topological polar surface area (TPSA) is 63.0 Å². The third-order valence-electron chi connectivity index (χ3n) is 13.3. The quantitative estimate of drug-likeness (QED) is 0.133. The molecule has 0 radical (unpaired) electrons. The second-order valence-corrected chi connectivity index (χ2v) is 17.8. The summed E-state index contributed by atoms with van der Waals surface area (Å²) < 4.78 is 4.97. The van der Waals surface area contributed by atoms with Gasteiger partial charge in [-0.3, -0.25) is 0 Å². The van der Waals surface area contributed by atoms with Gasteiger partial charge in [-0.25, -0.2) is 0 Å². The summed E-state index contributed by atoms with van der Waals surface area (Å²) in [6, 6.07) is 42.4. The number of allylic oxidation sites excluding steroid dienone is 2. The third-order valence-corrected chi connectivity index (χ3v) is 13.3. The smallest absolute Gasteiger partial charge is 0.376 e. The van der Waals surface area contributed by atoms with Gasteiger partial charge in [0.15, 0.2) is 0 Å². The van der Waals surface area contributed by atoms with Gasteiger partial charge in [0.1, 0.15) is 0 Å². The van der Waals surface area contributed by atoms with E-state index in [0.29, 0.717) is 12.0 Å². The molecule has 298 valence electrons. The number of nitrogens with two attached hydrogens (primary N) is 1. The van der Waals surface area contributed by atoms with Crippen LogP contribution in [0.3, 0.4) is 0 Å². The van der Waals surface area contributed by atoms with Crippen molar-refractivity contribution in [3.05, 3.63) is 178 Å². The SMILES string of the molecule is CC(C)(C)c1ccc([CH-]N)cc1.N=[C-]c1cccc(-n2c3c(c4cc(-n5c6c(c7ccccc75)C=CCC6)ccc42)C=C(N2c4ccccc4C4CCCCC42)CC3)c1.[U+2]. The molecule has 4 aliphatic rings. The first-order valence-electron chi connectivity index (χ1n) is 21.6. The maximum absolute atomic E-state index is 7.84. The molecule has 6 heteroatoms. The zero-order valence-corrected chi connectivity index (χ0v) is 39.2. The summed E-state index contributed by atoms with van der Waals surface area (Å²) in [5.74, 6) is 0.637. The molecule has 3 heterocycles.